The summed E-state index contributed by atoms with van der Waals surface area (Å²) in [6, 6.07) is 1.82. The zero-order valence-electron chi connectivity index (χ0n) is 18.5. The van der Waals surface area contributed by atoms with Gasteiger partial charge in [0.1, 0.15) is 23.8 Å². The number of ether oxygens (including phenoxy) is 4. The van der Waals surface area contributed by atoms with Crippen LogP contribution in [0.25, 0.3) is 0 Å². The third-order valence-corrected chi connectivity index (χ3v) is 4.00. The highest BCUT2D eigenvalue weighted by molar-refractivity contribution is 6.38. The zero-order chi connectivity index (χ0) is 22.0. The number of rotatable bonds is 8. The average molecular weight is 417 g/mol. The maximum atomic E-state index is 5.91. The van der Waals surface area contributed by atoms with E-state index in [0.717, 1.165) is 0 Å². The van der Waals surface area contributed by atoms with Crippen LogP contribution in [0.15, 0.2) is 22.4 Å². The van der Waals surface area contributed by atoms with Crippen LogP contribution in [0, 0.1) is 17.3 Å². The van der Waals surface area contributed by atoms with Crippen LogP contribution in [0.1, 0.15) is 45.9 Å². The summed E-state index contributed by atoms with van der Waals surface area (Å²) < 4.78 is 22.5. The zero-order valence-corrected chi connectivity index (χ0v) is 18.5. The summed E-state index contributed by atoms with van der Waals surface area (Å²) in [5, 5.41) is 3.84. The van der Waals surface area contributed by atoms with Crippen LogP contribution in [0.3, 0.4) is 0 Å². The molecule has 1 saturated heterocycles. The molecule has 0 radical (unpaired) electrons. The van der Waals surface area contributed by atoms with E-state index >= 15 is 0 Å². The highest BCUT2D eigenvalue weighted by Crippen LogP contribution is 2.23. The van der Waals surface area contributed by atoms with Crippen molar-refractivity contribution in [1.29, 1.82) is 0 Å². The maximum absolute atomic E-state index is 5.91. The quantitative estimate of drug-likeness (QED) is 0.230. The Hall–Kier alpha value is -2.47. The molecule has 2 heterocycles. The van der Waals surface area contributed by atoms with E-state index in [1.807, 2.05) is 26.8 Å². The molecule has 0 aromatic carbocycles. The minimum absolute atomic E-state index is 0.0183. The molecule has 0 bridgehead atoms. The lowest BCUT2D eigenvalue weighted by molar-refractivity contribution is -0.215. The Balaban J connectivity index is 2.12. The molecule has 0 atom stereocenters. The van der Waals surface area contributed by atoms with Gasteiger partial charge in [-0.05, 0) is 26.8 Å². The van der Waals surface area contributed by atoms with Crippen molar-refractivity contribution in [2.75, 3.05) is 33.0 Å². The fourth-order valence-corrected chi connectivity index (χ4v) is 2.55. The molecule has 0 aliphatic carbocycles. The summed E-state index contributed by atoms with van der Waals surface area (Å²) in [4.78, 5) is 8.83. The van der Waals surface area contributed by atoms with Gasteiger partial charge in [-0.25, -0.2) is 4.98 Å². The number of pyridine rings is 1. The Morgan fingerprint density at radius 2 is 2.13 bits per heavy atom. The number of hydrogen-bond donors (Lipinski definition) is 1. The van der Waals surface area contributed by atoms with E-state index in [0.29, 0.717) is 55.7 Å². The van der Waals surface area contributed by atoms with E-state index < -0.39 is 0 Å². The molecule has 1 fully saturated rings. The molecule has 0 saturated carbocycles. The molecule has 2 rings (SSSR count). The van der Waals surface area contributed by atoms with Crippen molar-refractivity contribution >= 4 is 11.9 Å². The lowest BCUT2D eigenvalue weighted by atomic mass is 9.96. The second-order valence-corrected chi connectivity index (χ2v) is 7.90. The van der Waals surface area contributed by atoms with Crippen molar-refractivity contribution in [3.8, 4) is 17.6 Å². The molecule has 2 N–H and O–H groups in total. The first-order valence-electron chi connectivity index (χ1n) is 10.1. The molecule has 164 valence electrons. The molecule has 0 amide bonds. The highest BCUT2D eigenvalue weighted by atomic mass is 16.7. The fraction of sp³-hybridized carbons (Fsp3) is 0.591. The Labute approximate surface area is 178 Å². The first kappa shape index (κ1) is 23.8. The molecule has 1 aliphatic rings. The second-order valence-electron chi connectivity index (χ2n) is 7.90. The number of nitrogens with two attached hydrogens (primary N) is 1. The molecule has 1 aromatic heterocycles. The van der Waals surface area contributed by atoms with E-state index in [9.17, 15) is 0 Å². The predicted octanol–water partition coefficient (Wildman–Crippen LogP) is 2.39. The first-order chi connectivity index (χ1) is 14.3. The molecule has 8 heteroatoms. The molecular weight excluding hydrogens is 384 g/mol. The van der Waals surface area contributed by atoms with Gasteiger partial charge in [-0.15, -0.1) is 0 Å². The van der Waals surface area contributed by atoms with Gasteiger partial charge in [0.2, 0.25) is 0 Å². The Bertz CT molecular complexity index is 799. The summed E-state index contributed by atoms with van der Waals surface area (Å²) in [5.74, 6) is 12.1. The van der Waals surface area contributed by atoms with Crippen molar-refractivity contribution < 1.29 is 18.9 Å². The number of hydrazone groups is 1. The van der Waals surface area contributed by atoms with Crippen LogP contribution in [0.5, 0.6) is 5.75 Å². The smallest absolute Gasteiger partial charge is 0.176 e. The molecule has 0 spiro atoms. The summed E-state index contributed by atoms with van der Waals surface area (Å²) in [7, 11) is 0. The summed E-state index contributed by atoms with van der Waals surface area (Å²) in [6.45, 7) is 12.6. The minimum Gasteiger partial charge on any atom is -0.489 e. The molecule has 1 aromatic rings. The lowest BCUT2D eigenvalue weighted by Gasteiger charge is -2.33. The summed E-state index contributed by atoms with van der Waals surface area (Å²) >= 11 is 0. The fourth-order valence-electron chi connectivity index (χ4n) is 2.55. The van der Waals surface area contributed by atoms with Crippen LogP contribution in [-0.2, 0) is 14.2 Å². The highest BCUT2D eigenvalue weighted by Gasteiger charge is 2.28. The molecule has 8 nitrogen and oxygen atoms in total. The lowest BCUT2D eigenvalue weighted by Crippen LogP contribution is -2.39. The molecule has 1 aliphatic heterocycles. The molecule has 0 unspecified atom stereocenters. The number of hydrogen-bond acceptors (Lipinski definition) is 8. The van der Waals surface area contributed by atoms with Crippen LogP contribution in [-0.4, -0.2) is 62.3 Å². The summed E-state index contributed by atoms with van der Waals surface area (Å²) in [6.07, 6.45) is 2.77. The topological polar surface area (TPSA) is 101 Å². The predicted molar refractivity (Wildman–Crippen MR) is 117 cm³/mol. The van der Waals surface area contributed by atoms with Gasteiger partial charge in [-0.1, -0.05) is 25.7 Å². The SMILES string of the molecule is CCOCC#Cc1cnc(/C(C=NCC2OCC(C)(C)CO2)=N/N)c(OC(C)C)c1. The Kier molecular flexibility index (Phi) is 9.24. The number of aromatic nitrogens is 1. The van der Waals surface area contributed by atoms with Gasteiger partial charge in [0, 0.05) is 23.8 Å². The summed E-state index contributed by atoms with van der Waals surface area (Å²) in [5.41, 5.74) is 1.63. The third-order valence-electron chi connectivity index (χ3n) is 4.00. The normalized spacial score (nSPS) is 17.2. The van der Waals surface area contributed by atoms with Crippen molar-refractivity contribution in [2.45, 2.75) is 47.0 Å². The molecule has 30 heavy (non-hydrogen) atoms. The van der Waals surface area contributed by atoms with Crippen LogP contribution in [0.2, 0.25) is 0 Å². The Morgan fingerprint density at radius 1 is 1.40 bits per heavy atom. The van der Waals surface area contributed by atoms with E-state index in [1.54, 1.807) is 12.4 Å². The third kappa shape index (κ3) is 7.75. The van der Waals surface area contributed by atoms with Crippen LogP contribution < -0.4 is 10.6 Å². The standard InChI is InChI=1S/C22H32N4O4/c1-6-27-9-7-8-17-10-19(30-16(2)3)21(25-11-17)18(26-23)12-24-13-20-28-14-22(4,5)15-29-20/h10-12,16,20H,6,9,13-15,23H2,1-5H3/b24-12?,26-18+. The number of nitrogens with zero attached hydrogens (tertiary/aromatic N) is 3. The van der Waals surface area contributed by atoms with E-state index in [1.165, 1.54) is 0 Å². The van der Waals surface area contributed by atoms with Gasteiger partial charge in [-0.3, -0.25) is 4.99 Å². The van der Waals surface area contributed by atoms with E-state index in [-0.39, 0.29) is 17.8 Å². The van der Waals surface area contributed by atoms with Gasteiger partial charge in [0.25, 0.3) is 0 Å². The van der Waals surface area contributed by atoms with Gasteiger partial charge in [-0.2, -0.15) is 5.10 Å². The van der Waals surface area contributed by atoms with Crippen molar-refractivity contribution in [3.63, 3.8) is 0 Å². The minimum atomic E-state index is -0.379. The average Bonchev–Trinajstić information content (AvgIpc) is 2.70. The van der Waals surface area contributed by atoms with E-state index in [2.05, 4.69) is 40.8 Å². The van der Waals surface area contributed by atoms with Gasteiger partial charge < -0.3 is 24.8 Å². The second kappa shape index (κ2) is 11.6. The van der Waals surface area contributed by atoms with Crippen molar-refractivity contribution in [1.82, 2.24) is 4.98 Å². The van der Waals surface area contributed by atoms with Crippen molar-refractivity contribution in [2.24, 2.45) is 21.4 Å². The number of aliphatic imine (C=N–C) groups is 1. The largest absolute Gasteiger partial charge is 0.489 e. The van der Waals surface area contributed by atoms with E-state index in [4.69, 9.17) is 24.8 Å². The van der Waals surface area contributed by atoms with Gasteiger partial charge in [0.15, 0.2) is 6.29 Å². The Morgan fingerprint density at radius 3 is 2.77 bits per heavy atom. The van der Waals surface area contributed by atoms with Gasteiger partial charge in [0.05, 0.1) is 32.1 Å². The first-order valence-corrected chi connectivity index (χ1v) is 10.1. The molecular formula is C22H32N4O4. The maximum Gasteiger partial charge on any atom is 0.176 e. The van der Waals surface area contributed by atoms with Crippen LogP contribution >= 0.6 is 0 Å². The van der Waals surface area contributed by atoms with Crippen molar-refractivity contribution in [3.05, 3.63) is 23.5 Å². The van der Waals surface area contributed by atoms with Crippen LogP contribution in [0.4, 0.5) is 0 Å². The van der Waals surface area contributed by atoms with Gasteiger partial charge >= 0.3 is 0 Å². The monoisotopic (exact) mass is 416 g/mol.